The van der Waals surface area contributed by atoms with Crippen LogP contribution >= 0.6 is 11.8 Å². The number of carbonyl (C=O) groups excluding carboxylic acids is 5. The Labute approximate surface area is 188 Å². The van der Waals surface area contributed by atoms with Gasteiger partial charge in [-0.1, -0.05) is 0 Å². The molecular weight excluding hydrogens is 438 g/mol. The van der Waals surface area contributed by atoms with Crippen molar-refractivity contribution in [3.05, 3.63) is 18.2 Å². The third-order valence-electron chi connectivity index (χ3n) is 5.27. The topological polar surface area (TPSA) is 179 Å². The molecule has 13 heteroatoms. The van der Waals surface area contributed by atoms with E-state index in [1.807, 2.05) is 0 Å². The number of nitrogens with zero attached hydrogens (tertiary/aromatic N) is 2. The van der Waals surface area contributed by atoms with Crippen molar-refractivity contribution in [2.45, 2.75) is 50.2 Å². The van der Waals surface area contributed by atoms with E-state index in [9.17, 15) is 24.0 Å². The van der Waals surface area contributed by atoms with Gasteiger partial charge >= 0.3 is 0 Å². The fourth-order valence-corrected chi connectivity index (χ4v) is 4.50. The van der Waals surface area contributed by atoms with Gasteiger partial charge in [-0.2, -0.15) is 0 Å². The van der Waals surface area contributed by atoms with E-state index < -0.39 is 41.8 Å². The van der Waals surface area contributed by atoms with E-state index in [4.69, 9.17) is 5.73 Å². The maximum atomic E-state index is 13.4. The van der Waals surface area contributed by atoms with E-state index in [1.54, 1.807) is 0 Å². The molecule has 3 rings (SSSR count). The molecule has 6 N–H and O–H groups in total. The summed E-state index contributed by atoms with van der Waals surface area (Å²) < 4.78 is 0. The van der Waals surface area contributed by atoms with E-state index in [-0.39, 0.29) is 25.3 Å². The number of imidazole rings is 1. The summed E-state index contributed by atoms with van der Waals surface area (Å²) >= 11 is 1.52. The molecule has 5 amide bonds. The second kappa shape index (κ2) is 11.1. The lowest BCUT2D eigenvalue weighted by atomic mass is 10.0. The number of aromatic amines is 1. The molecule has 32 heavy (non-hydrogen) atoms. The van der Waals surface area contributed by atoms with Gasteiger partial charge in [-0.3, -0.25) is 34.2 Å². The molecule has 0 radical (unpaired) electrons. The van der Waals surface area contributed by atoms with Crippen molar-refractivity contribution in [1.82, 2.24) is 30.8 Å². The molecule has 0 spiro atoms. The first-order valence-electron chi connectivity index (χ1n) is 10.4. The van der Waals surface area contributed by atoms with E-state index in [2.05, 4.69) is 25.9 Å². The third kappa shape index (κ3) is 6.29. The van der Waals surface area contributed by atoms with Crippen LogP contribution in [-0.2, 0) is 30.4 Å². The van der Waals surface area contributed by atoms with Crippen LogP contribution in [0.2, 0.25) is 0 Å². The SMILES string of the molecule is NC(=O)CCN(C(=O)C1CSCN1)C(=O)[C@H](Cc1cnc[nH]1)NC(=O)C1CCCC(=O)N1. The molecule has 3 atom stereocenters. The molecule has 2 saturated heterocycles. The van der Waals surface area contributed by atoms with Gasteiger partial charge in [-0.15, -0.1) is 11.8 Å². The molecule has 0 aromatic carbocycles. The molecule has 0 aliphatic carbocycles. The molecule has 3 heterocycles. The summed E-state index contributed by atoms with van der Waals surface area (Å²) in [5.41, 5.74) is 5.82. The Kier molecular flexibility index (Phi) is 8.22. The van der Waals surface area contributed by atoms with Crippen LogP contribution in [0.3, 0.4) is 0 Å². The number of aromatic nitrogens is 2. The highest BCUT2D eigenvalue weighted by Crippen LogP contribution is 2.15. The van der Waals surface area contributed by atoms with Gasteiger partial charge in [-0.05, 0) is 12.8 Å². The first-order chi connectivity index (χ1) is 15.3. The Morgan fingerprint density at radius 3 is 2.75 bits per heavy atom. The highest BCUT2D eigenvalue weighted by Gasteiger charge is 2.36. The molecule has 2 fully saturated rings. The van der Waals surface area contributed by atoms with Crippen LogP contribution in [0, 0.1) is 0 Å². The molecule has 12 nitrogen and oxygen atoms in total. The zero-order chi connectivity index (χ0) is 23.1. The van der Waals surface area contributed by atoms with Crippen LogP contribution in [0.1, 0.15) is 31.4 Å². The van der Waals surface area contributed by atoms with Gasteiger partial charge in [0.05, 0.1) is 12.4 Å². The van der Waals surface area contributed by atoms with Crippen LogP contribution in [0.5, 0.6) is 0 Å². The van der Waals surface area contributed by atoms with E-state index in [0.717, 1.165) is 4.90 Å². The average molecular weight is 466 g/mol. The lowest BCUT2D eigenvalue weighted by Gasteiger charge is -2.29. The van der Waals surface area contributed by atoms with Gasteiger partial charge in [0.25, 0.3) is 5.91 Å². The lowest BCUT2D eigenvalue weighted by molar-refractivity contribution is -0.148. The summed E-state index contributed by atoms with van der Waals surface area (Å²) in [5, 5.41) is 8.30. The molecule has 0 saturated carbocycles. The van der Waals surface area contributed by atoms with Gasteiger partial charge in [0.2, 0.25) is 23.6 Å². The van der Waals surface area contributed by atoms with E-state index in [0.29, 0.717) is 36.6 Å². The third-order valence-corrected chi connectivity index (χ3v) is 6.21. The minimum Gasteiger partial charge on any atom is -0.370 e. The zero-order valence-electron chi connectivity index (χ0n) is 17.5. The summed E-state index contributed by atoms with van der Waals surface area (Å²) in [4.78, 5) is 70.1. The van der Waals surface area contributed by atoms with Crippen molar-refractivity contribution in [3.8, 4) is 0 Å². The maximum Gasteiger partial charge on any atom is 0.252 e. The van der Waals surface area contributed by atoms with Crippen molar-refractivity contribution in [3.63, 3.8) is 0 Å². The quantitative estimate of drug-likeness (QED) is 0.278. The van der Waals surface area contributed by atoms with Crippen LogP contribution in [0.25, 0.3) is 0 Å². The number of imide groups is 1. The Bertz CT molecular complexity index is 856. The van der Waals surface area contributed by atoms with Gasteiger partial charge < -0.3 is 21.4 Å². The molecule has 2 aliphatic rings. The van der Waals surface area contributed by atoms with Gasteiger partial charge in [-0.25, -0.2) is 4.98 Å². The first kappa shape index (κ1) is 23.7. The number of H-pyrrole nitrogens is 1. The molecule has 0 bridgehead atoms. The predicted molar refractivity (Wildman–Crippen MR) is 115 cm³/mol. The van der Waals surface area contributed by atoms with Gasteiger partial charge in [0.15, 0.2) is 0 Å². The Hall–Kier alpha value is -2.93. The molecule has 1 aromatic rings. The van der Waals surface area contributed by atoms with Crippen molar-refractivity contribution in [1.29, 1.82) is 0 Å². The number of rotatable bonds is 9. The number of hydrogen-bond acceptors (Lipinski definition) is 8. The van der Waals surface area contributed by atoms with Crippen LogP contribution in [0.4, 0.5) is 0 Å². The molecule has 174 valence electrons. The van der Waals surface area contributed by atoms with E-state index in [1.165, 1.54) is 24.3 Å². The van der Waals surface area contributed by atoms with Crippen LogP contribution in [0.15, 0.2) is 12.5 Å². The van der Waals surface area contributed by atoms with Gasteiger partial charge in [0.1, 0.15) is 12.1 Å². The number of amides is 5. The van der Waals surface area contributed by atoms with E-state index >= 15 is 0 Å². The minimum absolute atomic E-state index is 0.0540. The highest BCUT2D eigenvalue weighted by molar-refractivity contribution is 7.99. The first-order valence-corrected chi connectivity index (χ1v) is 11.5. The monoisotopic (exact) mass is 465 g/mol. The second-order valence-corrected chi connectivity index (χ2v) is 8.70. The molecular formula is C19H27N7O5S. The summed E-state index contributed by atoms with van der Waals surface area (Å²) in [6.45, 7) is -0.189. The number of piperidine rings is 1. The van der Waals surface area contributed by atoms with Crippen molar-refractivity contribution in [2.24, 2.45) is 5.73 Å². The zero-order valence-corrected chi connectivity index (χ0v) is 18.3. The van der Waals surface area contributed by atoms with Gasteiger partial charge in [0, 0.05) is 49.3 Å². The van der Waals surface area contributed by atoms with Crippen molar-refractivity contribution in [2.75, 3.05) is 18.2 Å². The van der Waals surface area contributed by atoms with Crippen molar-refractivity contribution >= 4 is 41.3 Å². The summed E-state index contributed by atoms with van der Waals surface area (Å²) in [7, 11) is 0. The second-order valence-electron chi connectivity index (χ2n) is 7.67. The van der Waals surface area contributed by atoms with Crippen LogP contribution in [-0.4, -0.2) is 80.7 Å². The Morgan fingerprint density at radius 2 is 2.12 bits per heavy atom. The number of thioether (sulfide) groups is 1. The summed E-state index contributed by atoms with van der Waals surface area (Å²) in [6.07, 6.45) is 4.18. The number of primary amides is 1. The van der Waals surface area contributed by atoms with Crippen LogP contribution < -0.4 is 21.7 Å². The maximum absolute atomic E-state index is 13.4. The summed E-state index contributed by atoms with van der Waals surface area (Å²) in [6, 6.07) is -2.43. The standard InChI is InChI=1S/C19H27N7O5S/c20-15(27)4-5-26(19(31)14-8-32-10-23-14)18(30)13(6-11-7-21-9-22-11)25-17(29)12-2-1-3-16(28)24-12/h7,9,12-14,23H,1-6,8,10H2,(H2,20,27)(H,21,22)(H,24,28)(H,25,29)/t12?,13-,14?/m0/s1. The fraction of sp³-hybridized carbons (Fsp3) is 0.579. The normalized spacial score (nSPS) is 21.4. The number of nitrogens with two attached hydrogens (primary N) is 1. The number of carbonyl (C=O) groups is 5. The smallest absolute Gasteiger partial charge is 0.252 e. The lowest BCUT2D eigenvalue weighted by Crippen LogP contribution is -2.58. The number of hydrogen-bond donors (Lipinski definition) is 5. The number of nitrogens with one attached hydrogen (secondary N) is 4. The minimum atomic E-state index is -1.10. The molecule has 2 unspecified atom stereocenters. The Morgan fingerprint density at radius 1 is 1.31 bits per heavy atom. The summed E-state index contributed by atoms with van der Waals surface area (Å²) in [5.74, 6) is -1.45. The predicted octanol–water partition coefficient (Wildman–Crippen LogP) is -2.00. The molecule has 2 aliphatic heterocycles. The average Bonchev–Trinajstić information content (AvgIpc) is 3.47. The largest absolute Gasteiger partial charge is 0.370 e. The Balaban J connectivity index is 1.79. The molecule has 1 aromatic heterocycles. The fourth-order valence-electron chi connectivity index (χ4n) is 3.57. The highest BCUT2D eigenvalue weighted by atomic mass is 32.2. The van der Waals surface area contributed by atoms with Crippen molar-refractivity contribution < 1.29 is 24.0 Å².